The minimum atomic E-state index is 0.849. The van der Waals surface area contributed by atoms with Crippen molar-refractivity contribution in [2.75, 3.05) is 0 Å². The van der Waals surface area contributed by atoms with Crippen molar-refractivity contribution in [1.82, 2.24) is 4.98 Å². The van der Waals surface area contributed by atoms with Gasteiger partial charge in [-0.25, -0.2) is 0 Å². The van der Waals surface area contributed by atoms with Gasteiger partial charge in [-0.3, -0.25) is 4.98 Å². The van der Waals surface area contributed by atoms with Crippen LogP contribution in [0.15, 0.2) is 30.8 Å². The van der Waals surface area contributed by atoms with Crippen LogP contribution in [0.3, 0.4) is 0 Å². The Morgan fingerprint density at radius 1 is 1.50 bits per heavy atom. The lowest BCUT2D eigenvalue weighted by Gasteiger charge is -1.95. The minimum absolute atomic E-state index is 0.849. The second-order valence-corrected chi connectivity index (χ2v) is 2.05. The molecule has 0 saturated heterocycles. The molecule has 0 bridgehead atoms. The van der Waals surface area contributed by atoms with Crippen molar-refractivity contribution in [1.29, 1.82) is 0 Å². The molecule has 0 aliphatic heterocycles. The van der Waals surface area contributed by atoms with E-state index in [1.807, 2.05) is 19.1 Å². The van der Waals surface area contributed by atoms with E-state index < -0.39 is 0 Å². The predicted molar refractivity (Wildman–Crippen MR) is 40.5 cm³/mol. The Bertz CT molecular complexity index is 228. The Kier molecular flexibility index (Phi) is 2.05. The van der Waals surface area contributed by atoms with E-state index in [0.29, 0.717) is 0 Å². The first-order valence-corrected chi connectivity index (χ1v) is 3.06. The molecule has 0 aromatic carbocycles. The molecule has 2 heteroatoms. The second kappa shape index (κ2) is 3.01. The van der Waals surface area contributed by atoms with E-state index in [4.69, 9.17) is 5.11 Å². The number of pyridine rings is 1. The normalized spacial score (nSPS) is 11.5. The lowest BCUT2D eigenvalue weighted by Crippen LogP contribution is -1.78. The Hall–Kier alpha value is -1.31. The molecule has 0 unspecified atom stereocenters. The van der Waals surface area contributed by atoms with Gasteiger partial charge >= 0.3 is 0 Å². The standard InChI is InChI=1S/C8H9NO/c1-7(6-10)8-2-4-9-5-3-8/h2-6,10H,1H3. The molecule has 52 valence electrons. The molecule has 0 fully saturated rings. The van der Waals surface area contributed by atoms with Gasteiger partial charge in [0, 0.05) is 12.4 Å². The highest BCUT2D eigenvalue weighted by Gasteiger charge is 1.90. The zero-order valence-electron chi connectivity index (χ0n) is 5.78. The van der Waals surface area contributed by atoms with Crippen LogP contribution >= 0.6 is 0 Å². The van der Waals surface area contributed by atoms with Crippen LogP contribution in [-0.4, -0.2) is 10.1 Å². The fraction of sp³-hybridized carbons (Fsp3) is 0.125. The van der Waals surface area contributed by atoms with Crippen molar-refractivity contribution >= 4 is 5.57 Å². The summed E-state index contributed by atoms with van der Waals surface area (Å²) >= 11 is 0. The maximum Gasteiger partial charge on any atom is 0.0826 e. The number of aliphatic hydroxyl groups is 1. The summed E-state index contributed by atoms with van der Waals surface area (Å²) in [6, 6.07) is 3.70. The van der Waals surface area contributed by atoms with E-state index in [1.165, 1.54) is 0 Å². The topological polar surface area (TPSA) is 33.1 Å². The van der Waals surface area contributed by atoms with Gasteiger partial charge in [0.1, 0.15) is 0 Å². The van der Waals surface area contributed by atoms with Crippen LogP contribution in [0.4, 0.5) is 0 Å². The average molecular weight is 135 g/mol. The number of rotatable bonds is 1. The van der Waals surface area contributed by atoms with Crippen molar-refractivity contribution in [3.05, 3.63) is 36.4 Å². The molecule has 0 amide bonds. The summed E-state index contributed by atoms with van der Waals surface area (Å²) in [4.78, 5) is 3.85. The van der Waals surface area contributed by atoms with Gasteiger partial charge < -0.3 is 5.11 Å². The molecule has 0 aliphatic rings. The third-order valence-corrected chi connectivity index (χ3v) is 1.33. The molecule has 1 aromatic rings. The summed E-state index contributed by atoms with van der Waals surface area (Å²) in [6.45, 7) is 1.84. The molecule has 0 aliphatic carbocycles. The molecule has 0 atom stereocenters. The summed E-state index contributed by atoms with van der Waals surface area (Å²) in [5, 5.41) is 8.61. The SMILES string of the molecule is CC(=CO)c1ccncc1. The molecule has 1 rings (SSSR count). The first-order chi connectivity index (χ1) is 4.84. The fourth-order valence-electron chi connectivity index (χ4n) is 0.689. The zero-order valence-corrected chi connectivity index (χ0v) is 5.78. The molecular weight excluding hydrogens is 126 g/mol. The fourth-order valence-corrected chi connectivity index (χ4v) is 0.689. The number of nitrogens with zero attached hydrogens (tertiary/aromatic N) is 1. The van der Waals surface area contributed by atoms with Crippen molar-refractivity contribution in [3.63, 3.8) is 0 Å². The Labute approximate surface area is 59.9 Å². The third kappa shape index (κ3) is 1.35. The van der Waals surface area contributed by atoms with E-state index in [0.717, 1.165) is 17.4 Å². The average Bonchev–Trinajstić information content (AvgIpc) is 2.05. The van der Waals surface area contributed by atoms with Gasteiger partial charge in [0.15, 0.2) is 0 Å². The zero-order chi connectivity index (χ0) is 7.40. The molecule has 0 saturated carbocycles. The molecule has 0 spiro atoms. The van der Waals surface area contributed by atoms with Crippen LogP contribution in [0.1, 0.15) is 12.5 Å². The van der Waals surface area contributed by atoms with E-state index in [9.17, 15) is 0 Å². The molecule has 2 nitrogen and oxygen atoms in total. The van der Waals surface area contributed by atoms with Gasteiger partial charge in [0.25, 0.3) is 0 Å². The maximum atomic E-state index is 8.61. The number of allylic oxidation sites excluding steroid dienone is 1. The van der Waals surface area contributed by atoms with Gasteiger partial charge in [0.05, 0.1) is 6.26 Å². The van der Waals surface area contributed by atoms with E-state index in [1.54, 1.807) is 12.4 Å². The molecule has 1 aromatic heterocycles. The van der Waals surface area contributed by atoms with Crippen LogP contribution in [-0.2, 0) is 0 Å². The van der Waals surface area contributed by atoms with Crippen LogP contribution < -0.4 is 0 Å². The summed E-state index contributed by atoms with van der Waals surface area (Å²) in [5.74, 6) is 0. The van der Waals surface area contributed by atoms with Crippen molar-refractivity contribution < 1.29 is 5.11 Å². The number of hydrogen-bond donors (Lipinski definition) is 1. The predicted octanol–water partition coefficient (Wildman–Crippen LogP) is 2.00. The largest absolute Gasteiger partial charge is 0.515 e. The first-order valence-electron chi connectivity index (χ1n) is 3.06. The van der Waals surface area contributed by atoms with Crippen LogP contribution in [0.25, 0.3) is 5.57 Å². The Morgan fingerprint density at radius 2 is 2.10 bits per heavy atom. The van der Waals surface area contributed by atoms with Crippen molar-refractivity contribution in [2.45, 2.75) is 6.92 Å². The van der Waals surface area contributed by atoms with Gasteiger partial charge in [-0.2, -0.15) is 0 Å². The van der Waals surface area contributed by atoms with Gasteiger partial charge in [-0.05, 0) is 30.2 Å². The first kappa shape index (κ1) is 6.81. The monoisotopic (exact) mass is 135 g/mol. The highest BCUT2D eigenvalue weighted by atomic mass is 16.2. The van der Waals surface area contributed by atoms with Gasteiger partial charge in [-0.15, -0.1) is 0 Å². The minimum Gasteiger partial charge on any atom is -0.515 e. The summed E-state index contributed by atoms with van der Waals surface area (Å²) < 4.78 is 0. The molecule has 0 radical (unpaired) electrons. The number of hydrogen-bond acceptors (Lipinski definition) is 2. The summed E-state index contributed by atoms with van der Waals surface area (Å²) in [5.41, 5.74) is 1.85. The maximum absolute atomic E-state index is 8.61. The van der Waals surface area contributed by atoms with E-state index >= 15 is 0 Å². The van der Waals surface area contributed by atoms with Crippen molar-refractivity contribution in [2.24, 2.45) is 0 Å². The van der Waals surface area contributed by atoms with Gasteiger partial charge in [0.2, 0.25) is 0 Å². The second-order valence-electron chi connectivity index (χ2n) is 2.05. The highest BCUT2D eigenvalue weighted by Crippen LogP contribution is 2.09. The van der Waals surface area contributed by atoms with Crippen LogP contribution in [0, 0.1) is 0 Å². The molecule has 1 N–H and O–H groups in total. The number of aromatic nitrogens is 1. The lowest BCUT2D eigenvalue weighted by atomic mass is 10.1. The summed E-state index contributed by atoms with van der Waals surface area (Å²) in [6.07, 6.45) is 4.49. The molecule has 10 heavy (non-hydrogen) atoms. The third-order valence-electron chi connectivity index (χ3n) is 1.33. The van der Waals surface area contributed by atoms with E-state index in [-0.39, 0.29) is 0 Å². The number of aliphatic hydroxyl groups excluding tert-OH is 1. The molecular formula is C8H9NO. The smallest absolute Gasteiger partial charge is 0.0826 e. The van der Waals surface area contributed by atoms with Crippen LogP contribution in [0.2, 0.25) is 0 Å². The van der Waals surface area contributed by atoms with E-state index in [2.05, 4.69) is 4.98 Å². The summed E-state index contributed by atoms with van der Waals surface area (Å²) in [7, 11) is 0. The van der Waals surface area contributed by atoms with Crippen LogP contribution in [0.5, 0.6) is 0 Å². The Balaban J connectivity index is 2.96. The Morgan fingerprint density at radius 3 is 2.60 bits per heavy atom. The van der Waals surface area contributed by atoms with Gasteiger partial charge in [-0.1, -0.05) is 0 Å². The van der Waals surface area contributed by atoms with Crippen molar-refractivity contribution in [3.8, 4) is 0 Å². The quantitative estimate of drug-likeness (QED) is 0.597. The molecule has 1 heterocycles. The highest BCUT2D eigenvalue weighted by molar-refractivity contribution is 5.61. The lowest BCUT2D eigenvalue weighted by molar-refractivity contribution is 0.475.